The summed E-state index contributed by atoms with van der Waals surface area (Å²) in [6, 6.07) is 14.1. The van der Waals surface area contributed by atoms with E-state index in [-0.39, 0.29) is 29.5 Å². The number of nitrogens with zero attached hydrogens (tertiary/aromatic N) is 1. The van der Waals surface area contributed by atoms with Crippen LogP contribution in [0.5, 0.6) is 0 Å². The van der Waals surface area contributed by atoms with Crippen molar-refractivity contribution in [3.05, 3.63) is 97.9 Å². The molecule has 4 rings (SSSR count). The van der Waals surface area contributed by atoms with Crippen molar-refractivity contribution in [3.63, 3.8) is 0 Å². The number of non-ortho nitro benzene ring substituents is 1. The second-order valence-corrected chi connectivity index (χ2v) is 8.54. The fourth-order valence-corrected chi connectivity index (χ4v) is 4.78. The number of fused-ring (bicyclic) bond motifs is 1. The van der Waals surface area contributed by atoms with E-state index in [1.807, 2.05) is 12.1 Å². The summed E-state index contributed by atoms with van der Waals surface area (Å²) in [4.78, 5) is 36.9. The maximum atomic E-state index is 13.3. The predicted octanol–water partition coefficient (Wildman–Crippen LogP) is 3.78. The Labute approximate surface area is 203 Å². The van der Waals surface area contributed by atoms with Gasteiger partial charge in [0.05, 0.1) is 35.7 Å². The van der Waals surface area contributed by atoms with Gasteiger partial charge in [-0.2, -0.15) is 0 Å². The third-order valence-corrected chi connectivity index (χ3v) is 6.41. The normalized spacial score (nSPS) is 19.2. The molecule has 0 fully saturated rings. The molecule has 2 N–H and O–H groups in total. The molecular formula is C26H27N3O6. The SMILES string of the molecule is COC(=O)C1=C(C)NC(C)=C(C(=O)OCCC2NCc3ccccc32)C1c1cccc([N+](=O)[O-])c1. The quantitative estimate of drug-likeness (QED) is 0.351. The van der Waals surface area contributed by atoms with E-state index in [1.54, 1.807) is 19.9 Å². The third kappa shape index (κ3) is 4.81. The minimum absolute atomic E-state index is 0.0823. The predicted molar refractivity (Wildman–Crippen MR) is 128 cm³/mol. The maximum Gasteiger partial charge on any atom is 0.336 e. The molecule has 0 spiro atoms. The first-order valence-electron chi connectivity index (χ1n) is 11.3. The van der Waals surface area contributed by atoms with Gasteiger partial charge < -0.3 is 20.1 Å². The van der Waals surface area contributed by atoms with Crippen LogP contribution in [0.1, 0.15) is 48.9 Å². The molecule has 9 heteroatoms. The molecule has 0 bridgehead atoms. The minimum atomic E-state index is -0.874. The summed E-state index contributed by atoms with van der Waals surface area (Å²) in [5, 5.41) is 17.9. The van der Waals surface area contributed by atoms with Crippen molar-refractivity contribution in [2.45, 2.75) is 38.8 Å². The molecule has 2 atom stereocenters. The molecule has 0 saturated carbocycles. The van der Waals surface area contributed by atoms with Crippen LogP contribution in [0.3, 0.4) is 0 Å². The summed E-state index contributed by atoms with van der Waals surface area (Å²) in [6.07, 6.45) is 0.586. The topological polar surface area (TPSA) is 120 Å². The molecule has 2 aliphatic rings. The fourth-order valence-electron chi connectivity index (χ4n) is 4.78. The molecule has 2 aliphatic heterocycles. The zero-order chi connectivity index (χ0) is 25.1. The van der Waals surface area contributed by atoms with E-state index in [2.05, 4.69) is 22.8 Å². The van der Waals surface area contributed by atoms with Crippen LogP contribution < -0.4 is 10.6 Å². The van der Waals surface area contributed by atoms with Crippen molar-refractivity contribution >= 4 is 17.6 Å². The van der Waals surface area contributed by atoms with Crippen LogP contribution in [-0.4, -0.2) is 30.6 Å². The van der Waals surface area contributed by atoms with E-state index in [1.165, 1.54) is 36.4 Å². The zero-order valence-corrected chi connectivity index (χ0v) is 19.8. The third-order valence-electron chi connectivity index (χ3n) is 6.41. The van der Waals surface area contributed by atoms with Crippen molar-refractivity contribution in [3.8, 4) is 0 Å². The molecule has 0 aromatic heterocycles. The highest BCUT2D eigenvalue weighted by molar-refractivity contribution is 5.99. The Morgan fingerprint density at radius 3 is 2.49 bits per heavy atom. The molecule has 0 radical (unpaired) electrons. The summed E-state index contributed by atoms with van der Waals surface area (Å²) in [7, 11) is 1.25. The summed E-state index contributed by atoms with van der Waals surface area (Å²) < 4.78 is 10.7. The van der Waals surface area contributed by atoms with Crippen LogP contribution in [0.2, 0.25) is 0 Å². The van der Waals surface area contributed by atoms with E-state index in [4.69, 9.17) is 9.47 Å². The van der Waals surface area contributed by atoms with Crippen LogP contribution in [0.25, 0.3) is 0 Å². The largest absolute Gasteiger partial charge is 0.466 e. The van der Waals surface area contributed by atoms with Gasteiger partial charge in [0.1, 0.15) is 0 Å². The number of nitro groups is 1. The van der Waals surface area contributed by atoms with Gasteiger partial charge in [-0.05, 0) is 30.5 Å². The number of rotatable bonds is 7. The molecule has 2 aromatic rings. The molecule has 0 aliphatic carbocycles. The van der Waals surface area contributed by atoms with Gasteiger partial charge in [-0.25, -0.2) is 9.59 Å². The Morgan fingerprint density at radius 2 is 1.77 bits per heavy atom. The van der Waals surface area contributed by atoms with E-state index in [9.17, 15) is 19.7 Å². The standard InChI is InChI=1S/C26H27N3O6/c1-15-22(25(30)34-3)24(17-8-6-9-19(13-17)29(32)33)23(16(2)28-15)26(31)35-12-11-21-20-10-5-4-7-18(20)14-27-21/h4-10,13,21,24,27-28H,11-12,14H2,1-3H3. The van der Waals surface area contributed by atoms with E-state index < -0.39 is 22.8 Å². The Morgan fingerprint density at radius 1 is 1.06 bits per heavy atom. The van der Waals surface area contributed by atoms with Gasteiger partial charge in [0.15, 0.2) is 0 Å². The first-order chi connectivity index (χ1) is 16.8. The number of ether oxygens (including phenoxy) is 2. The van der Waals surface area contributed by atoms with Crippen molar-refractivity contribution in [2.75, 3.05) is 13.7 Å². The van der Waals surface area contributed by atoms with Gasteiger partial charge in [0, 0.05) is 42.5 Å². The Bertz CT molecular complexity index is 1250. The van der Waals surface area contributed by atoms with Gasteiger partial charge in [-0.1, -0.05) is 36.4 Å². The van der Waals surface area contributed by atoms with Crippen molar-refractivity contribution in [1.29, 1.82) is 0 Å². The Balaban J connectivity index is 1.60. The monoisotopic (exact) mass is 477 g/mol. The first kappa shape index (κ1) is 24.2. The number of esters is 2. The Kier molecular flexibility index (Phi) is 6.97. The molecule has 0 saturated heterocycles. The number of allylic oxidation sites excluding steroid dienone is 2. The number of benzene rings is 2. The number of nitro benzene ring substituents is 1. The highest BCUT2D eigenvalue weighted by Crippen LogP contribution is 2.40. The summed E-state index contributed by atoms with van der Waals surface area (Å²) in [6.45, 7) is 4.35. The summed E-state index contributed by atoms with van der Waals surface area (Å²) in [5.41, 5.74) is 4.16. The number of dihydropyridines is 1. The lowest BCUT2D eigenvalue weighted by molar-refractivity contribution is -0.384. The minimum Gasteiger partial charge on any atom is -0.466 e. The number of hydrogen-bond acceptors (Lipinski definition) is 8. The van der Waals surface area contributed by atoms with Gasteiger partial charge in [-0.3, -0.25) is 10.1 Å². The van der Waals surface area contributed by atoms with E-state index in [0.717, 1.165) is 6.54 Å². The van der Waals surface area contributed by atoms with Crippen LogP contribution in [0.15, 0.2) is 71.1 Å². The van der Waals surface area contributed by atoms with Gasteiger partial charge in [-0.15, -0.1) is 0 Å². The highest BCUT2D eigenvalue weighted by atomic mass is 16.6. The summed E-state index contributed by atoms with van der Waals surface area (Å²) >= 11 is 0. The van der Waals surface area contributed by atoms with E-state index >= 15 is 0 Å². The second kappa shape index (κ2) is 10.1. The number of nitrogens with one attached hydrogen (secondary N) is 2. The molecule has 9 nitrogen and oxygen atoms in total. The summed E-state index contributed by atoms with van der Waals surface area (Å²) in [5.74, 6) is -2.09. The van der Waals surface area contributed by atoms with Crippen molar-refractivity contribution < 1.29 is 24.0 Å². The molecule has 2 unspecified atom stereocenters. The molecule has 0 amide bonds. The van der Waals surface area contributed by atoms with Crippen molar-refractivity contribution in [2.24, 2.45) is 0 Å². The number of carbonyl (C=O) groups is 2. The van der Waals surface area contributed by atoms with Crippen molar-refractivity contribution in [1.82, 2.24) is 10.6 Å². The Hall–Kier alpha value is -3.98. The van der Waals surface area contributed by atoms with Crippen LogP contribution in [0.4, 0.5) is 5.69 Å². The fraction of sp³-hybridized carbons (Fsp3) is 0.308. The van der Waals surface area contributed by atoms with Gasteiger partial charge in [0.2, 0.25) is 0 Å². The van der Waals surface area contributed by atoms with Crippen LogP contribution >= 0.6 is 0 Å². The lowest BCUT2D eigenvalue weighted by atomic mass is 9.80. The number of methoxy groups -OCH3 is 1. The van der Waals surface area contributed by atoms with Gasteiger partial charge in [0.25, 0.3) is 5.69 Å². The number of carbonyl (C=O) groups excluding carboxylic acids is 2. The van der Waals surface area contributed by atoms with Crippen LogP contribution in [-0.2, 0) is 25.6 Å². The zero-order valence-electron chi connectivity index (χ0n) is 19.8. The second-order valence-electron chi connectivity index (χ2n) is 8.54. The number of hydrogen-bond donors (Lipinski definition) is 2. The van der Waals surface area contributed by atoms with Gasteiger partial charge >= 0.3 is 11.9 Å². The average molecular weight is 478 g/mol. The molecular weight excluding hydrogens is 450 g/mol. The smallest absolute Gasteiger partial charge is 0.336 e. The molecule has 182 valence electrons. The molecule has 35 heavy (non-hydrogen) atoms. The molecule has 2 aromatic carbocycles. The molecule has 2 heterocycles. The first-order valence-corrected chi connectivity index (χ1v) is 11.3. The van der Waals surface area contributed by atoms with Crippen LogP contribution in [0, 0.1) is 10.1 Å². The maximum absolute atomic E-state index is 13.3. The van der Waals surface area contributed by atoms with E-state index in [0.29, 0.717) is 23.4 Å². The lowest BCUT2D eigenvalue weighted by Gasteiger charge is -2.30. The average Bonchev–Trinajstić information content (AvgIpc) is 3.26. The lowest BCUT2D eigenvalue weighted by Crippen LogP contribution is -2.32. The highest BCUT2D eigenvalue weighted by Gasteiger charge is 2.38.